The minimum absolute atomic E-state index is 0.223. The molecule has 1 heterocycles. The molecule has 1 aromatic heterocycles. The van der Waals surface area contributed by atoms with E-state index in [9.17, 15) is 0 Å². The molecule has 0 fully saturated rings. The van der Waals surface area contributed by atoms with E-state index in [0.29, 0.717) is 12.4 Å². The molecule has 0 atom stereocenters. The Hall–Kier alpha value is -2.04. The highest BCUT2D eigenvalue weighted by molar-refractivity contribution is 5.30. The van der Waals surface area contributed by atoms with Gasteiger partial charge in [-0.2, -0.15) is 5.10 Å². The molecule has 5 nitrogen and oxygen atoms in total. The van der Waals surface area contributed by atoms with Crippen LogP contribution < -0.4 is 4.74 Å². The van der Waals surface area contributed by atoms with E-state index in [2.05, 4.69) is 10.1 Å². The van der Waals surface area contributed by atoms with E-state index >= 15 is 0 Å². The van der Waals surface area contributed by atoms with E-state index < -0.39 is 0 Å². The van der Waals surface area contributed by atoms with Crippen molar-refractivity contribution < 1.29 is 9.84 Å². The maximum absolute atomic E-state index is 9.07. The lowest BCUT2D eigenvalue weighted by atomic mass is 10.3. The van der Waals surface area contributed by atoms with Crippen molar-refractivity contribution in [3.05, 3.63) is 36.4 Å². The molecule has 0 radical (unpaired) electrons. The van der Waals surface area contributed by atoms with Gasteiger partial charge in [-0.3, -0.25) is 4.68 Å². The highest BCUT2D eigenvalue weighted by atomic mass is 16.5. The highest BCUT2D eigenvalue weighted by Gasteiger charge is 2.01. The molecule has 0 saturated carbocycles. The van der Waals surface area contributed by atoms with Crippen LogP contribution in [0.3, 0.4) is 0 Å². The van der Waals surface area contributed by atoms with Crippen molar-refractivity contribution in [2.45, 2.75) is 6.61 Å². The van der Waals surface area contributed by atoms with E-state index in [-0.39, 0.29) is 5.75 Å². The molecule has 1 N–H and O–H groups in total. The summed E-state index contributed by atoms with van der Waals surface area (Å²) in [5.74, 6) is 1.67. The average molecular weight is 205 g/mol. The Morgan fingerprint density at radius 3 is 2.67 bits per heavy atom. The van der Waals surface area contributed by atoms with Crippen molar-refractivity contribution in [2.75, 3.05) is 0 Å². The first-order valence-corrected chi connectivity index (χ1v) is 4.50. The van der Waals surface area contributed by atoms with Gasteiger partial charge in [0.15, 0.2) is 5.82 Å². The van der Waals surface area contributed by atoms with Gasteiger partial charge in [-0.25, -0.2) is 4.98 Å². The zero-order valence-electron chi connectivity index (χ0n) is 8.29. The molecular formula is C10H11N3O2. The van der Waals surface area contributed by atoms with Crippen LogP contribution in [-0.2, 0) is 13.7 Å². The fourth-order valence-corrected chi connectivity index (χ4v) is 1.14. The molecule has 0 spiro atoms. The number of phenols is 1. The van der Waals surface area contributed by atoms with Crippen LogP contribution in [0.25, 0.3) is 0 Å². The van der Waals surface area contributed by atoms with Crippen LogP contribution in [0, 0.1) is 0 Å². The lowest BCUT2D eigenvalue weighted by Gasteiger charge is -2.04. The van der Waals surface area contributed by atoms with Crippen molar-refractivity contribution >= 4 is 0 Å². The number of aromatic nitrogens is 3. The smallest absolute Gasteiger partial charge is 0.164 e. The predicted molar refractivity (Wildman–Crippen MR) is 53.4 cm³/mol. The predicted octanol–water partition coefficient (Wildman–Crippen LogP) is 1.10. The molecule has 5 heteroatoms. The first kappa shape index (κ1) is 9.51. The van der Waals surface area contributed by atoms with Gasteiger partial charge in [-0.05, 0) is 24.3 Å². The maximum Gasteiger partial charge on any atom is 0.164 e. The SMILES string of the molecule is Cn1ncnc1COc1ccc(O)cc1. The Balaban J connectivity index is 1.99. The van der Waals surface area contributed by atoms with Crippen molar-refractivity contribution in [3.8, 4) is 11.5 Å². The third kappa shape index (κ3) is 2.25. The summed E-state index contributed by atoms with van der Waals surface area (Å²) in [7, 11) is 1.81. The van der Waals surface area contributed by atoms with Crippen LogP contribution in [0.5, 0.6) is 11.5 Å². The van der Waals surface area contributed by atoms with Crippen LogP contribution in [0.15, 0.2) is 30.6 Å². The number of hydrogen-bond acceptors (Lipinski definition) is 4. The van der Waals surface area contributed by atoms with Gasteiger partial charge < -0.3 is 9.84 Å². The largest absolute Gasteiger partial charge is 0.508 e. The third-order valence-corrected chi connectivity index (χ3v) is 2.01. The molecular weight excluding hydrogens is 194 g/mol. The average Bonchev–Trinajstić information content (AvgIpc) is 2.63. The lowest BCUT2D eigenvalue weighted by Crippen LogP contribution is -2.04. The van der Waals surface area contributed by atoms with Gasteiger partial charge in [0.05, 0.1) is 0 Å². The van der Waals surface area contributed by atoms with Crippen LogP contribution in [0.1, 0.15) is 5.82 Å². The van der Waals surface area contributed by atoms with Gasteiger partial charge in [0, 0.05) is 7.05 Å². The normalized spacial score (nSPS) is 10.2. The summed E-state index contributed by atoms with van der Waals surface area (Å²) in [4.78, 5) is 4.03. The standard InChI is InChI=1S/C10H11N3O2/c1-13-10(11-7-12-13)6-15-9-4-2-8(14)3-5-9/h2-5,7,14H,6H2,1H3. The monoisotopic (exact) mass is 205 g/mol. The molecule has 0 amide bonds. The quantitative estimate of drug-likeness (QED) is 0.815. The first-order valence-electron chi connectivity index (χ1n) is 4.50. The van der Waals surface area contributed by atoms with Gasteiger partial charge in [0.2, 0.25) is 0 Å². The van der Waals surface area contributed by atoms with Crippen LogP contribution in [-0.4, -0.2) is 19.9 Å². The third-order valence-electron chi connectivity index (χ3n) is 2.01. The Labute approximate surface area is 87.0 Å². The first-order chi connectivity index (χ1) is 7.25. The molecule has 1 aromatic carbocycles. The van der Waals surface area contributed by atoms with Gasteiger partial charge in [-0.15, -0.1) is 0 Å². The number of ether oxygens (including phenoxy) is 1. The number of hydrogen-bond donors (Lipinski definition) is 1. The molecule has 0 aliphatic heterocycles. The number of benzene rings is 1. The van der Waals surface area contributed by atoms with Crippen molar-refractivity contribution in [1.29, 1.82) is 0 Å². The fourth-order valence-electron chi connectivity index (χ4n) is 1.14. The molecule has 0 aliphatic rings. The van der Waals surface area contributed by atoms with E-state index in [1.54, 1.807) is 28.9 Å². The highest BCUT2D eigenvalue weighted by Crippen LogP contribution is 2.16. The van der Waals surface area contributed by atoms with Gasteiger partial charge in [0.1, 0.15) is 24.4 Å². The minimum Gasteiger partial charge on any atom is -0.508 e. The van der Waals surface area contributed by atoms with E-state index in [1.165, 1.54) is 6.33 Å². The molecule has 2 rings (SSSR count). The summed E-state index contributed by atoms with van der Waals surface area (Å²) in [6.45, 7) is 0.362. The molecule has 15 heavy (non-hydrogen) atoms. The fraction of sp³-hybridized carbons (Fsp3) is 0.200. The van der Waals surface area contributed by atoms with Crippen molar-refractivity contribution in [2.24, 2.45) is 7.05 Å². The Morgan fingerprint density at radius 1 is 1.33 bits per heavy atom. The molecule has 0 unspecified atom stereocenters. The number of aromatic hydroxyl groups is 1. The van der Waals surface area contributed by atoms with Crippen LogP contribution in [0.2, 0.25) is 0 Å². The summed E-state index contributed by atoms with van der Waals surface area (Å²) in [5.41, 5.74) is 0. The molecule has 2 aromatic rings. The summed E-state index contributed by atoms with van der Waals surface area (Å²) >= 11 is 0. The second kappa shape index (κ2) is 4.00. The summed E-state index contributed by atoms with van der Waals surface area (Å²) in [6, 6.07) is 6.55. The molecule has 0 bridgehead atoms. The molecule has 0 saturated heterocycles. The van der Waals surface area contributed by atoms with Crippen LogP contribution in [0.4, 0.5) is 0 Å². The van der Waals surface area contributed by atoms with Gasteiger partial charge in [0.25, 0.3) is 0 Å². The van der Waals surface area contributed by atoms with Gasteiger partial charge >= 0.3 is 0 Å². The topological polar surface area (TPSA) is 60.2 Å². The van der Waals surface area contributed by atoms with Gasteiger partial charge in [-0.1, -0.05) is 0 Å². The number of nitrogens with zero attached hydrogens (tertiary/aromatic N) is 3. The zero-order valence-corrected chi connectivity index (χ0v) is 8.29. The second-order valence-electron chi connectivity index (χ2n) is 3.08. The Kier molecular flexibility index (Phi) is 2.53. The number of aryl methyl sites for hydroxylation is 1. The van der Waals surface area contributed by atoms with Crippen molar-refractivity contribution in [3.63, 3.8) is 0 Å². The summed E-state index contributed by atoms with van der Waals surface area (Å²) < 4.78 is 7.10. The van der Waals surface area contributed by atoms with E-state index in [4.69, 9.17) is 9.84 Å². The Morgan fingerprint density at radius 2 is 2.07 bits per heavy atom. The zero-order chi connectivity index (χ0) is 10.7. The minimum atomic E-state index is 0.223. The van der Waals surface area contributed by atoms with E-state index in [0.717, 1.165) is 5.82 Å². The van der Waals surface area contributed by atoms with Crippen molar-refractivity contribution in [1.82, 2.24) is 14.8 Å². The number of phenolic OH excluding ortho intramolecular Hbond substituents is 1. The summed E-state index contributed by atoms with van der Waals surface area (Å²) in [6.07, 6.45) is 1.48. The maximum atomic E-state index is 9.07. The lowest BCUT2D eigenvalue weighted by molar-refractivity contribution is 0.289. The second-order valence-corrected chi connectivity index (χ2v) is 3.08. The molecule has 0 aliphatic carbocycles. The Bertz CT molecular complexity index is 436. The van der Waals surface area contributed by atoms with Crippen LogP contribution >= 0.6 is 0 Å². The van der Waals surface area contributed by atoms with E-state index in [1.807, 2.05) is 7.05 Å². The molecule has 78 valence electrons. The number of rotatable bonds is 3. The summed E-state index contributed by atoms with van der Waals surface area (Å²) in [5, 5.41) is 13.0.